The Morgan fingerprint density at radius 1 is 1.42 bits per heavy atom. The van der Waals surface area contributed by atoms with Crippen molar-refractivity contribution in [1.82, 2.24) is 4.90 Å². The van der Waals surface area contributed by atoms with Gasteiger partial charge in [0.1, 0.15) is 5.75 Å². The predicted molar refractivity (Wildman–Crippen MR) is 79.9 cm³/mol. The molecule has 0 spiro atoms. The zero-order valence-electron chi connectivity index (χ0n) is 11.2. The van der Waals surface area contributed by atoms with Crippen LogP contribution in [0.25, 0.3) is 0 Å². The van der Waals surface area contributed by atoms with E-state index in [1.54, 1.807) is 18.2 Å². The second-order valence-corrected chi connectivity index (χ2v) is 5.92. The molecule has 1 N–H and O–H groups in total. The SMILES string of the molecule is Cc1cc(C(=O)N(CCBr)C2CCCC2)ccc1O. The fraction of sp³-hybridized carbons (Fsp3) is 0.533. The van der Waals surface area contributed by atoms with E-state index in [1.807, 2.05) is 11.8 Å². The zero-order chi connectivity index (χ0) is 13.8. The number of hydrogen-bond acceptors (Lipinski definition) is 2. The van der Waals surface area contributed by atoms with Crippen molar-refractivity contribution in [3.63, 3.8) is 0 Å². The summed E-state index contributed by atoms with van der Waals surface area (Å²) in [6.07, 6.45) is 4.64. The molecule has 0 aromatic heterocycles. The third-order valence-corrected chi connectivity index (χ3v) is 4.15. The van der Waals surface area contributed by atoms with Crippen LogP contribution in [0.15, 0.2) is 18.2 Å². The van der Waals surface area contributed by atoms with Crippen LogP contribution in [0.5, 0.6) is 5.75 Å². The van der Waals surface area contributed by atoms with Crippen molar-refractivity contribution in [2.75, 3.05) is 11.9 Å². The Bertz CT molecular complexity index is 455. The number of amides is 1. The fourth-order valence-corrected chi connectivity index (χ4v) is 3.09. The van der Waals surface area contributed by atoms with Gasteiger partial charge in [0.15, 0.2) is 0 Å². The molecule has 0 bridgehead atoms. The average Bonchev–Trinajstić information content (AvgIpc) is 2.92. The molecule has 2 rings (SSSR count). The van der Waals surface area contributed by atoms with Crippen LogP contribution in [-0.2, 0) is 0 Å². The van der Waals surface area contributed by atoms with Gasteiger partial charge in [-0.25, -0.2) is 0 Å². The van der Waals surface area contributed by atoms with Crippen molar-refractivity contribution < 1.29 is 9.90 Å². The monoisotopic (exact) mass is 325 g/mol. The first kappa shape index (κ1) is 14.4. The largest absolute Gasteiger partial charge is 0.508 e. The Labute approximate surface area is 122 Å². The second-order valence-electron chi connectivity index (χ2n) is 5.13. The number of carbonyl (C=O) groups is 1. The quantitative estimate of drug-likeness (QED) is 0.861. The van der Waals surface area contributed by atoms with Crippen LogP contribution >= 0.6 is 15.9 Å². The highest BCUT2D eigenvalue weighted by Gasteiger charge is 2.27. The van der Waals surface area contributed by atoms with Gasteiger partial charge in [0, 0.05) is 23.5 Å². The Kier molecular flexibility index (Phi) is 4.86. The molecule has 1 aliphatic rings. The lowest BCUT2D eigenvalue weighted by Crippen LogP contribution is -2.40. The highest BCUT2D eigenvalue weighted by molar-refractivity contribution is 9.09. The summed E-state index contributed by atoms with van der Waals surface area (Å²) in [5.41, 5.74) is 1.42. The molecule has 0 aliphatic heterocycles. The molecule has 4 heteroatoms. The van der Waals surface area contributed by atoms with Gasteiger partial charge in [-0.1, -0.05) is 28.8 Å². The third kappa shape index (κ3) is 3.30. The first-order valence-electron chi connectivity index (χ1n) is 6.80. The number of phenolic OH excluding ortho intramolecular Hbond substituents is 1. The number of hydrogen-bond donors (Lipinski definition) is 1. The van der Waals surface area contributed by atoms with Crippen molar-refractivity contribution in [2.24, 2.45) is 0 Å². The number of aromatic hydroxyl groups is 1. The number of benzene rings is 1. The standard InChI is InChI=1S/C15H20BrNO2/c1-11-10-12(6-7-14(11)18)15(19)17(9-8-16)13-4-2-3-5-13/h6-7,10,13,18H,2-5,8-9H2,1H3. The van der Waals surface area contributed by atoms with Crippen LogP contribution in [0.1, 0.15) is 41.6 Å². The summed E-state index contributed by atoms with van der Waals surface area (Å²) < 4.78 is 0. The Morgan fingerprint density at radius 2 is 2.11 bits per heavy atom. The lowest BCUT2D eigenvalue weighted by atomic mass is 10.1. The molecule has 0 atom stereocenters. The van der Waals surface area contributed by atoms with Crippen LogP contribution in [0, 0.1) is 6.92 Å². The summed E-state index contributed by atoms with van der Waals surface area (Å²) in [4.78, 5) is 14.6. The van der Waals surface area contributed by atoms with Crippen molar-refractivity contribution >= 4 is 21.8 Å². The van der Waals surface area contributed by atoms with Crippen LogP contribution in [0.4, 0.5) is 0 Å². The highest BCUT2D eigenvalue weighted by Crippen LogP contribution is 2.26. The molecule has 1 fully saturated rings. The smallest absolute Gasteiger partial charge is 0.254 e. The van der Waals surface area contributed by atoms with Gasteiger partial charge < -0.3 is 10.0 Å². The highest BCUT2D eigenvalue weighted by atomic mass is 79.9. The van der Waals surface area contributed by atoms with Crippen molar-refractivity contribution in [1.29, 1.82) is 0 Å². The minimum absolute atomic E-state index is 0.0782. The molecule has 0 saturated heterocycles. The topological polar surface area (TPSA) is 40.5 Å². The normalized spacial score (nSPS) is 15.7. The van der Waals surface area contributed by atoms with Crippen LogP contribution in [0.2, 0.25) is 0 Å². The molecule has 3 nitrogen and oxygen atoms in total. The van der Waals surface area contributed by atoms with Gasteiger partial charge in [0.05, 0.1) is 0 Å². The Morgan fingerprint density at radius 3 is 2.68 bits per heavy atom. The van der Waals surface area contributed by atoms with Gasteiger partial charge in [-0.2, -0.15) is 0 Å². The minimum atomic E-state index is 0.0782. The predicted octanol–water partition coefficient (Wildman–Crippen LogP) is 3.48. The number of phenols is 1. The lowest BCUT2D eigenvalue weighted by Gasteiger charge is -2.28. The van der Waals surface area contributed by atoms with Gasteiger partial charge in [-0.05, 0) is 43.5 Å². The maximum atomic E-state index is 12.6. The van der Waals surface area contributed by atoms with E-state index < -0.39 is 0 Å². The van der Waals surface area contributed by atoms with Crippen molar-refractivity contribution in [3.05, 3.63) is 29.3 Å². The second kappa shape index (κ2) is 6.42. The van der Waals surface area contributed by atoms with Gasteiger partial charge in [0.2, 0.25) is 0 Å². The van der Waals surface area contributed by atoms with E-state index in [1.165, 1.54) is 12.8 Å². The first-order valence-corrected chi connectivity index (χ1v) is 7.92. The van der Waals surface area contributed by atoms with E-state index in [-0.39, 0.29) is 11.7 Å². The van der Waals surface area contributed by atoms with E-state index in [0.717, 1.165) is 30.3 Å². The van der Waals surface area contributed by atoms with Gasteiger partial charge >= 0.3 is 0 Å². The summed E-state index contributed by atoms with van der Waals surface area (Å²) in [6, 6.07) is 5.46. The molecule has 1 amide bonds. The average molecular weight is 326 g/mol. The van der Waals surface area contributed by atoms with Crippen LogP contribution in [-0.4, -0.2) is 33.8 Å². The van der Waals surface area contributed by atoms with Crippen LogP contribution < -0.4 is 0 Å². The Balaban J connectivity index is 2.20. The summed E-state index contributed by atoms with van der Waals surface area (Å²) in [6.45, 7) is 2.56. The van der Waals surface area contributed by atoms with E-state index in [0.29, 0.717) is 11.6 Å². The maximum absolute atomic E-state index is 12.6. The molecular weight excluding hydrogens is 306 g/mol. The maximum Gasteiger partial charge on any atom is 0.254 e. The summed E-state index contributed by atoms with van der Waals surface area (Å²) >= 11 is 3.43. The molecule has 1 saturated carbocycles. The third-order valence-electron chi connectivity index (χ3n) is 3.80. The first-order chi connectivity index (χ1) is 9.13. The van der Waals surface area contributed by atoms with E-state index in [9.17, 15) is 9.90 Å². The molecule has 104 valence electrons. The molecule has 0 unspecified atom stereocenters. The number of aryl methyl sites for hydroxylation is 1. The fourth-order valence-electron chi connectivity index (χ4n) is 2.71. The lowest BCUT2D eigenvalue weighted by molar-refractivity contribution is 0.0696. The summed E-state index contributed by atoms with van der Waals surface area (Å²) in [5.74, 6) is 0.318. The zero-order valence-corrected chi connectivity index (χ0v) is 12.8. The van der Waals surface area contributed by atoms with Crippen LogP contribution in [0.3, 0.4) is 0 Å². The molecular formula is C15H20BrNO2. The molecule has 1 aliphatic carbocycles. The van der Waals surface area contributed by atoms with Gasteiger partial charge in [-0.3, -0.25) is 4.79 Å². The van der Waals surface area contributed by atoms with E-state index >= 15 is 0 Å². The van der Waals surface area contributed by atoms with Gasteiger partial charge in [0.25, 0.3) is 5.91 Å². The van der Waals surface area contributed by atoms with E-state index in [4.69, 9.17) is 0 Å². The van der Waals surface area contributed by atoms with Crippen molar-refractivity contribution in [2.45, 2.75) is 38.6 Å². The molecule has 1 aromatic carbocycles. The number of carbonyl (C=O) groups excluding carboxylic acids is 1. The Hall–Kier alpha value is -1.03. The summed E-state index contributed by atoms with van der Waals surface area (Å²) in [7, 11) is 0. The van der Waals surface area contributed by atoms with E-state index in [2.05, 4.69) is 15.9 Å². The molecule has 0 radical (unpaired) electrons. The number of nitrogens with zero attached hydrogens (tertiary/aromatic N) is 1. The molecule has 0 heterocycles. The number of halogens is 1. The summed E-state index contributed by atoms with van der Waals surface area (Å²) in [5, 5.41) is 10.3. The van der Waals surface area contributed by atoms with Crippen molar-refractivity contribution in [3.8, 4) is 5.75 Å². The molecule has 1 aromatic rings. The molecule has 19 heavy (non-hydrogen) atoms. The minimum Gasteiger partial charge on any atom is -0.508 e. The van der Waals surface area contributed by atoms with Gasteiger partial charge in [-0.15, -0.1) is 0 Å². The number of rotatable bonds is 4. The number of alkyl halides is 1.